The van der Waals surface area contributed by atoms with Crippen molar-refractivity contribution in [1.29, 1.82) is 0 Å². The van der Waals surface area contributed by atoms with Gasteiger partial charge in [0.2, 0.25) is 5.91 Å². The number of hydrogen-bond acceptors (Lipinski definition) is 3. The number of thiophene rings is 1. The van der Waals surface area contributed by atoms with E-state index in [2.05, 4.69) is 4.98 Å². The first kappa shape index (κ1) is 9.15. The highest BCUT2D eigenvalue weighted by molar-refractivity contribution is 7.19. The number of hydrogen-bond donors (Lipinski definition) is 1. The van der Waals surface area contributed by atoms with Crippen molar-refractivity contribution >= 4 is 27.5 Å². The van der Waals surface area contributed by atoms with Crippen LogP contribution < -0.4 is 5.73 Å². The van der Waals surface area contributed by atoms with Gasteiger partial charge in [-0.05, 0) is 25.5 Å². The average Bonchev–Trinajstić information content (AvgIpc) is 2.43. The number of aryl methyl sites for hydroxylation is 2. The Labute approximate surface area is 85.6 Å². The summed E-state index contributed by atoms with van der Waals surface area (Å²) in [4.78, 5) is 16.6. The van der Waals surface area contributed by atoms with Crippen LogP contribution in [0.5, 0.6) is 0 Å². The lowest BCUT2D eigenvalue weighted by Gasteiger charge is -1.96. The van der Waals surface area contributed by atoms with Crippen LogP contribution in [-0.4, -0.2) is 10.9 Å². The van der Waals surface area contributed by atoms with Gasteiger partial charge < -0.3 is 5.73 Å². The molecule has 0 saturated heterocycles. The second-order valence-electron chi connectivity index (χ2n) is 3.18. The molecule has 0 unspecified atom stereocenters. The molecule has 0 bridgehead atoms. The molecule has 14 heavy (non-hydrogen) atoms. The van der Waals surface area contributed by atoms with Gasteiger partial charge in [-0.15, -0.1) is 11.3 Å². The summed E-state index contributed by atoms with van der Waals surface area (Å²) in [5.74, 6) is -0.390. The monoisotopic (exact) mass is 206 g/mol. The van der Waals surface area contributed by atoms with E-state index < -0.39 is 5.91 Å². The topological polar surface area (TPSA) is 56.0 Å². The van der Waals surface area contributed by atoms with Crippen molar-refractivity contribution in [2.24, 2.45) is 5.73 Å². The maximum absolute atomic E-state index is 11.1. The van der Waals surface area contributed by atoms with E-state index in [9.17, 15) is 4.79 Å². The van der Waals surface area contributed by atoms with Crippen molar-refractivity contribution in [2.45, 2.75) is 13.8 Å². The molecule has 0 aromatic carbocycles. The van der Waals surface area contributed by atoms with E-state index in [1.807, 2.05) is 13.8 Å². The minimum absolute atomic E-state index is 0.390. The molecular formula is C10H10N2OS. The van der Waals surface area contributed by atoms with Crippen molar-refractivity contribution in [2.75, 3.05) is 0 Å². The van der Waals surface area contributed by atoms with Crippen molar-refractivity contribution in [1.82, 2.24) is 4.98 Å². The first-order valence-electron chi connectivity index (χ1n) is 4.25. The Bertz CT molecular complexity index is 516. The Morgan fingerprint density at radius 2 is 2.21 bits per heavy atom. The van der Waals surface area contributed by atoms with E-state index in [-0.39, 0.29) is 0 Å². The molecule has 72 valence electrons. The summed E-state index contributed by atoms with van der Waals surface area (Å²) in [6, 6.07) is 1.67. The lowest BCUT2D eigenvalue weighted by atomic mass is 10.2. The number of pyridine rings is 1. The smallest absolute Gasteiger partial charge is 0.250 e. The average molecular weight is 206 g/mol. The van der Waals surface area contributed by atoms with E-state index in [4.69, 9.17) is 5.73 Å². The predicted octanol–water partition coefficient (Wildman–Crippen LogP) is 2.01. The quantitative estimate of drug-likeness (QED) is 0.776. The van der Waals surface area contributed by atoms with E-state index in [1.165, 1.54) is 4.88 Å². The van der Waals surface area contributed by atoms with Crippen LogP contribution in [0.1, 0.15) is 20.8 Å². The molecule has 0 radical (unpaired) electrons. The second-order valence-corrected chi connectivity index (χ2v) is 4.41. The molecule has 0 aliphatic rings. The van der Waals surface area contributed by atoms with Crippen LogP contribution in [0.25, 0.3) is 10.2 Å². The van der Waals surface area contributed by atoms with Crippen LogP contribution in [0.2, 0.25) is 0 Å². The molecule has 4 heteroatoms. The van der Waals surface area contributed by atoms with Crippen LogP contribution in [0.4, 0.5) is 0 Å². The summed E-state index contributed by atoms with van der Waals surface area (Å²) in [6.45, 7) is 4.03. The highest BCUT2D eigenvalue weighted by atomic mass is 32.1. The van der Waals surface area contributed by atoms with Gasteiger partial charge in [-0.3, -0.25) is 9.78 Å². The van der Waals surface area contributed by atoms with Gasteiger partial charge in [0.25, 0.3) is 0 Å². The third kappa shape index (κ3) is 1.19. The number of carbonyl (C=O) groups excluding carboxylic acids is 1. The number of nitrogens with zero attached hydrogens (tertiary/aromatic N) is 1. The number of nitrogens with two attached hydrogens (primary N) is 1. The van der Waals surface area contributed by atoms with Crippen molar-refractivity contribution in [3.63, 3.8) is 0 Å². The standard InChI is InChI=1S/C10H10N2OS/c1-5-6(2)14-9-7(10(11)13)3-4-12-8(5)9/h3-4H,1-2H3,(H2,11,13). The van der Waals surface area contributed by atoms with Crippen molar-refractivity contribution in [3.8, 4) is 0 Å². The summed E-state index contributed by atoms with van der Waals surface area (Å²) >= 11 is 1.57. The molecule has 3 nitrogen and oxygen atoms in total. The summed E-state index contributed by atoms with van der Waals surface area (Å²) in [5.41, 5.74) is 7.87. The molecule has 0 aliphatic carbocycles. The lowest BCUT2D eigenvalue weighted by molar-refractivity contribution is 0.100. The first-order chi connectivity index (χ1) is 6.61. The highest BCUT2D eigenvalue weighted by Gasteiger charge is 2.12. The number of carbonyl (C=O) groups is 1. The summed E-state index contributed by atoms with van der Waals surface area (Å²) < 4.78 is 0.898. The van der Waals surface area contributed by atoms with E-state index in [0.717, 1.165) is 15.8 Å². The number of primary amides is 1. The normalized spacial score (nSPS) is 10.7. The fraction of sp³-hybridized carbons (Fsp3) is 0.200. The van der Waals surface area contributed by atoms with Crippen LogP contribution in [0.3, 0.4) is 0 Å². The third-order valence-electron chi connectivity index (χ3n) is 2.31. The minimum atomic E-state index is -0.390. The van der Waals surface area contributed by atoms with Crippen LogP contribution in [0.15, 0.2) is 12.3 Å². The van der Waals surface area contributed by atoms with Gasteiger partial charge in [0.1, 0.15) is 0 Å². The molecule has 1 amide bonds. The summed E-state index contributed by atoms with van der Waals surface area (Å²) in [7, 11) is 0. The Morgan fingerprint density at radius 3 is 2.86 bits per heavy atom. The SMILES string of the molecule is Cc1sc2c(C(N)=O)ccnc2c1C. The predicted molar refractivity (Wildman–Crippen MR) is 57.6 cm³/mol. The largest absolute Gasteiger partial charge is 0.366 e. The molecule has 2 aromatic heterocycles. The molecule has 0 atom stereocenters. The first-order valence-corrected chi connectivity index (χ1v) is 5.07. The number of aromatic nitrogens is 1. The Kier molecular flexibility index (Phi) is 2.00. The second kappa shape index (κ2) is 3.06. The lowest BCUT2D eigenvalue weighted by Crippen LogP contribution is -2.10. The number of fused-ring (bicyclic) bond motifs is 1. The number of rotatable bonds is 1. The molecule has 2 heterocycles. The van der Waals surface area contributed by atoms with E-state index in [1.54, 1.807) is 23.6 Å². The summed E-state index contributed by atoms with van der Waals surface area (Å²) in [6.07, 6.45) is 1.63. The van der Waals surface area contributed by atoms with Gasteiger partial charge in [-0.2, -0.15) is 0 Å². The molecule has 0 saturated carbocycles. The zero-order chi connectivity index (χ0) is 10.3. The highest BCUT2D eigenvalue weighted by Crippen LogP contribution is 2.30. The minimum Gasteiger partial charge on any atom is -0.366 e. The number of amides is 1. The van der Waals surface area contributed by atoms with Crippen LogP contribution >= 0.6 is 11.3 Å². The zero-order valence-electron chi connectivity index (χ0n) is 8.00. The van der Waals surface area contributed by atoms with Gasteiger partial charge in [0.05, 0.1) is 15.8 Å². The van der Waals surface area contributed by atoms with Gasteiger partial charge >= 0.3 is 0 Å². The molecule has 2 aromatic rings. The van der Waals surface area contributed by atoms with E-state index >= 15 is 0 Å². The van der Waals surface area contributed by atoms with Crippen molar-refractivity contribution < 1.29 is 4.79 Å². The maximum atomic E-state index is 11.1. The molecule has 0 fully saturated rings. The maximum Gasteiger partial charge on any atom is 0.250 e. The van der Waals surface area contributed by atoms with Gasteiger partial charge in [0.15, 0.2) is 0 Å². The fourth-order valence-electron chi connectivity index (χ4n) is 1.41. The summed E-state index contributed by atoms with van der Waals surface area (Å²) in [5, 5.41) is 0. The molecule has 2 N–H and O–H groups in total. The molecule has 2 rings (SSSR count). The van der Waals surface area contributed by atoms with Gasteiger partial charge in [-0.25, -0.2) is 0 Å². The van der Waals surface area contributed by atoms with E-state index in [0.29, 0.717) is 5.56 Å². The molecular weight excluding hydrogens is 196 g/mol. The zero-order valence-corrected chi connectivity index (χ0v) is 8.81. The van der Waals surface area contributed by atoms with Crippen LogP contribution in [0, 0.1) is 13.8 Å². The van der Waals surface area contributed by atoms with Crippen molar-refractivity contribution in [3.05, 3.63) is 28.3 Å². The Balaban J connectivity index is 2.88. The third-order valence-corrected chi connectivity index (χ3v) is 3.54. The Morgan fingerprint density at radius 1 is 1.50 bits per heavy atom. The van der Waals surface area contributed by atoms with Crippen LogP contribution in [-0.2, 0) is 0 Å². The van der Waals surface area contributed by atoms with Gasteiger partial charge in [0, 0.05) is 11.1 Å². The van der Waals surface area contributed by atoms with Gasteiger partial charge in [-0.1, -0.05) is 0 Å². The Hall–Kier alpha value is -1.42. The molecule has 0 spiro atoms. The fourth-order valence-corrected chi connectivity index (χ4v) is 2.55. The molecule has 0 aliphatic heterocycles.